The molecule has 7 nitrogen and oxygen atoms in total. The first-order valence-electron chi connectivity index (χ1n) is 11.7. The predicted molar refractivity (Wildman–Crippen MR) is 123 cm³/mol. The Hall–Kier alpha value is -1.60. The van der Waals surface area contributed by atoms with Gasteiger partial charge < -0.3 is 19.8 Å². The summed E-state index contributed by atoms with van der Waals surface area (Å²) in [6, 6.07) is 0. The second kappa shape index (κ2) is 13.0. The molecule has 1 aromatic heterocycles. The summed E-state index contributed by atoms with van der Waals surface area (Å²) in [7, 11) is 0. The zero-order valence-corrected chi connectivity index (χ0v) is 20.0. The Morgan fingerprint density at radius 3 is 2.53 bits per heavy atom. The SMILES string of the molecule is CCNC(=NCC1CCN(Cc2nc(C)c(C)o2)CC1)NCCC(OCC)C(C)C. The first-order chi connectivity index (χ1) is 14.4. The monoisotopic (exact) mass is 421 g/mol. The predicted octanol–water partition coefficient (Wildman–Crippen LogP) is 3.51. The molecule has 0 amide bonds. The third kappa shape index (κ3) is 8.26. The van der Waals surface area contributed by atoms with Gasteiger partial charge in [-0.2, -0.15) is 0 Å². The molecule has 2 heterocycles. The normalized spacial score (nSPS) is 17.5. The van der Waals surface area contributed by atoms with Crippen LogP contribution in [0.5, 0.6) is 0 Å². The first kappa shape index (κ1) is 24.7. The standard InChI is InChI=1S/C23H43N5O2/c1-7-24-23(25-12-9-21(17(3)4)29-8-2)26-15-20-10-13-28(14-11-20)16-22-27-18(5)19(6)30-22/h17,20-21H,7-16H2,1-6H3,(H2,24,25,26). The maximum Gasteiger partial charge on any atom is 0.208 e. The van der Waals surface area contributed by atoms with Crippen LogP contribution in [-0.4, -0.2) is 61.3 Å². The van der Waals surface area contributed by atoms with Crippen molar-refractivity contribution in [2.45, 2.75) is 73.5 Å². The highest BCUT2D eigenvalue weighted by atomic mass is 16.5. The lowest BCUT2D eigenvalue weighted by molar-refractivity contribution is 0.0258. The van der Waals surface area contributed by atoms with Crippen LogP contribution in [0.1, 0.15) is 64.3 Å². The van der Waals surface area contributed by atoms with Crippen LogP contribution >= 0.6 is 0 Å². The van der Waals surface area contributed by atoms with Crippen LogP contribution in [-0.2, 0) is 11.3 Å². The maximum atomic E-state index is 5.84. The van der Waals surface area contributed by atoms with Crippen LogP contribution in [0.25, 0.3) is 0 Å². The number of aliphatic imine (C=N–C) groups is 1. The molecule has 172 valence electrons. The molecule has 0 radical (unpaired) electrons. The van der Waals surface area contributed by atoms with Crippen molar-refractivity contribution in [1.82, 2.24) is 20.5 Å². The number of likely N-dealkylation sites (tertiary alicyclic amines) is 1. The number of hydrogen-bond donors (Lipinski definition) is 2. The van der Waals surface area contributed by atoms with Crippen molar-refractivity contribution in [2.24, 2.45) is 16.8 Å². The van der Waals surface area contributed by atoms with Gasteiger partial charge in [0, 0.05) is 26.2 Å². The molecular formula is C23H43N5O2. The number of guanidine groups is 1. The van der Waals surface area contributed by atoms with Crippen molar-refractivity contribution in [3.05, 3.63) is 17.3 Å². The average molecular weight is 422 g/mol. The van der Waals surface area contributed by atoms with E-state index in [-0.39, 0.29) is 0 Å². The summed E-state index contributed by atoms with van der Waals surface area (Å²) in [6.07, 6.45) is 3.63. The Morgan fingerprint density at radius 1 is 1.23 bits per heavy atom. The Balaban J connectivity index is 1.74. The molecule has 1 atom stereocenters. The van der Waals surface area contributed by atoms with Gasteiger partial charge in [-0.25, -0.2) is 4.98 Å². The Labute approximate surface area is 183 Å². The van der Waals surface area contributed by atoms with Crippen LogP contribution in [0.15, 0.2) is 9.41 Å². The highest BCUT2D eigenvalue weighted by Gasteiger charge is 2.21. The van der Waals surface area contributed by atoms with E-state index < -0.39 is 0 Å². The lowest BCUT2D eigenvalue weighted by atomic mass is 9.97. The first-order valence-corrected chi connectivity index (χ1v) is 11.7. The third-order valence-electron chi connectivity index (χ3n) is 5.84. The van der Waals surface area contributed by atoms with E-state index in [2.05, 4.69) is 48.2 Å². The smallest absolute Gasteiger partial charge is 0.208 e. The second-order valence-corrected chi connectivity index (χ2v) is 8.64. The lowest BCUT2D eigenvalue weighted by Crippen LogP contribution is -2.40. The molecule has 2 rings (SSSR count). The van der Waals surface area contributed by atoms with E-state index in [1.54, 1.807) is 0 Å². The van der Waals surface area contributed by atoms with Gasteiger partial charge in [0.2, 0.25) is 5.89 Å². The summed E-state index contributed by atoms with van der Waals surface area (Å²) in [6.45, 7) is 19.0. The molecule has 0 bridgehead atoms. The van der Waals surface area contributed by atoms with E-state index in [1.165, 1.54) is 12.8 Å². The molecule has 1 fully saturated rings. The van der Waals surface area contributed by atoms with Gasteiger partial charge in [0.15, 0.2) is 5.96 Å². The average Bonchev–Trinajstić information content (AvgIpc) is 3.03. The van der Waals surface area contributed by atoms with Gasteiger partial charge in [0.1, 0.15) is 5.76 Å². The van der Waals surface area contributed by atoms with Crippen LogP contribution < -0.4 is 10.6 Å². The number of rotatable bonds is 11. The molecule has 1 aliphatic rings. The molecule has 0 aliphatic carbocycles. The van der Waals surface area contributed by atoms with Crippen LogP contribution in [0, 0.1) is 25.7 Å². The molecule has 0 saturated carbocycles. The Bertz CT molecular complexity index is 616. The minimum Gasteiger partial charge on any atom is -0.444 e. The van der Waals surface area contributed by atoms with Gasteiger partial charge in [-0.05, 0) is 71.9 Å². The summed E-state index contributed by atoms with van der Waals surface area (Å²) in [5.41, 5.74) is 0.999. The zero-order valence-electron chi connectivity index (χ0n) is 20.0. The third-order valence-corrected chi connectivity index (χ3v) is 5.84. The fraction of sp³-hybridized carbons (Fsp3) is 0.826. The van der Waals surface area contributed by atoms with Crippen molar-refractivity contribution in [3.63, 3.8) is 0 Å². The summed E-state index contributed by atoms with van der Waals surface area (Å²) < 4.78 is 11.6. The van der Waals surface area contributed by atoms with Crippen LogP contribution in [0.2, 0.25) is 0 Å². The highest BCUT2D eigenvalue weighted by Crippen LogP contribution is 2.20. The summed E-state index contributed by atoms with van der Waals surface area (Å²) >= 11 is 0. The van der Waals surface area contributed by atoms with E-state index in [0.717, 1.165) is 75.6 Å². The van der Waals surface area contributed by atoms with Crippen LogP contribution in [0.3, 0.4) is 0 Å². The molecule has 2 N–H and O–H groups in total. The number of nitrogens with zero attached hydrogens (tertiary/aromatic N) is 3. The number of aromatic nitrogens is 1. The Morgan fingerprint density at radius 2 is 1.97 bits per heavy atom. The molecule has 0 spiro atoms. The number of piperidine rings is 1. The fourth-order valence-corrected chi connectivity index (χ4v) is 3.84. The Kier molecular flexibility index (Phi) is 10.6. The minimum atomic E-state index is 0.297. The van der Waals surface area contributed by atoms with Crippen molar-refractivity contribution in [2.75, 3.05) is 39.3 Å². The molecular weight excluding hydrogens is 378 g/mol. The van der Waals surface area contributed by atoms with Gasteiger partial charge in [-0.15, -0.1) is 0 Å². The molecule has 0 aromatic carbocycles. The minimum absolute atomic E-state index is 0.297. The number of oxazole rings is 1. The summed E-state index contributed by atoms with van der Waals surface area (Å²) in [4.78, 5) is 11.8. The molecule has 1 saturated heterocycles. The van der Waals surface area contributed by atoms with E-state index in [1.807, 2.05) is 13.8 Å². The number of hydrogen-bond acceptors (Lipinski definition) is 5. The van der Waals surface area contributed by atoms with Crippen molar-refractivity contribution in [1.29, 1.82) is 0 Å². The van der Waals surface area contributed by atoms with E-state index >= 15 is 0 Å². The quantitative estimate of drug-likeness (QED) is 0.421. The van der Waals surface area contributed by atoms with Crippen molar-refractivity contribution in [3.8, 4) is 0 Å². The van der Waals surface area contributed by atoms with E-state index in [9.17, 15) is 0 Å². The number of aryl methyl sites for hydroxylation is 2. The molecule has 1 aliphatic heterocycles. The molecule has 1 unspecified atom stereocenters. The van der Waals surface area contributed by atoms with Gasteiger partial charge >= 0.3 is 0 Å². The largest absolute Gasteiger partial charge is 0.444 e. The number of ether oxygens (including phenoxy) is 1. The zero-order chi connectivity index (χ0) is 21.9. The maximum absolute atomic E-state index is 5.84. The molecule has 30 heavy (non-hydrogen) atoms. The van der Waals surface area contributed by atoms with Gasteiger partial charge in [0.25, 0.3) is 0 Å². The highest BCUT2D eigenvalue weighted by molar-refractivity contribution is 5.79. The summed E-state index contributed by atoms with van der Waals surface area (Å²) in [5.74, 6) is 3.85. The van der Waals surface area contributed by atoms with Crippen molar-refractivity contribution < 1.29 is 9.15 Å². The van der Waals surface area contributed by atoms with Gasteiger partial charge in [-0.1, -0.05) is 13.8 Å². The summed E-state index contributed by atoms with van der Waals surface area (Å²) in [5, 5.41) is 6.85. The molecule has 1 aromatic rings. The lowest BCUT2D eigenvalue weighted by Gasteiger charge is -2.30. The van der Waals surface area contributed by atoms with E-state index in [0.29, 0.717) is 17.9 Å². The second-order valence-electron chi connectivity index (χ2n) is 8.64. The van der Waals surface area contributed by atoms with E-state index in [4.69, 9.17) is 14.1 Å². The number of nitrogens with one attached hydrogen (secondary N) is 2. The van der Waals surface area contributed by atoms with Crippen LogP contribution in [0.4, 0.5) is 0 Å². The molecule has 7 heteroatoms. The topological polar surface area (TPSA) is 74.9 Å². The fourth-order valence-electron chi connectivity index (χ4n) is 3.84. The van der Waals surface area contributed by atoms with Gasteiger partial charge in [0.05, 0.1) is 18.3 Å². The van der Waals surface area contributed by atoms with Gasteiger partial charge in [-0.3, -0.25) is 9.89 Å². The van der Waals surface area contributed by atoms with Crippen molar-refractivity contribution >= 4 is 5.96 Å².